The topological polar surface area (TPSA) is 79.6 Å². The minimum atomic E-state index is -0.131. The van der Waals surface area contributed by atoms with E-state index >= 15 is 0 Å². The molecule has 0 spiro atoms. The van der Waals surface area contributed by atoms with Gasteiger partial charge in [-0.15, -0.1) is 0 Å². The van der Waals surface area contributed by atoms with E-state index in [1.165, 1.54) is 24.9 Å². The van der Waals surface area contributed by atoms with Crippen molar-refractivity contribution < 1.29 is 9.90 Å². The van der Waals surface area contributed by atoms with Crippen molar-refractivity contribution in [3.63, 3.8) is 0 Å². The van der Waals surface area contributed by atoms with Crippen LogP contribution < -0.4 is 10.2 Å². The highest BCUT2D eigenvalue weighted by molar-refractivity contribution is 5.78. The second kappa shape index (κ2) is 10.4. The van der Waals surface area contributed by atoms with Gasteiger partial charge in [0.05, 0.1) is 12.7 Å². The third-order valence-electron chi connectivity index (χ3n) is 6.14. The Bertz CT molecular complexity index is 671. The molecule has 0 aromatic heterocycles. The van der Waals surface area contributed by atoms with E-state index in [9.17, 15) is 9.90 Å². The monoisotopic (exact) mass is 384 g/mol. The lowest BCUT2D eigenvalue weighted by Gasteiger charge is -2.37. The van der Waals surface area contributed by atoms with E-state index in [0.717, 1.165) is 57.0 Å². The second-order valence-corrected chi connectivity index (χ2v) is 8.07. The summed E-state index contributed by atoms with van der Waals surface area (Å²) in [5.74, 6) is 0.622. The molecule has 28 heavy (non-hydrogen) atoms. The van der Waals surface area contributed by atoms with Gasteiger partial charge in [-0.3, -0.25) is 9.69 Å². The molecule has 152 valence electrons. The highest BCUT2D eigenvalue weighted by Gasteiger charge is 2.24. The first-order chi connectivity index (χ1) is 13.7. The number of benzene rings is 1. The lowest BCUT2D eigenvalue weighted by atomic mass is 9.84. The summed E-state index contributed by atoms with van der Waals surface area (Å²) in [6.07, 6.45) is 5.62. The summed E-state index contributed by atoms with van der Waals surface area (Å²) in [5.41, 5.74) is 2.18. The molecule has 0 bridgehead atoms. The largest absolute Gasteiger partial charge is 0.392 e. The lowest BCUT2D eigenvalue weighted by Crippen LogP contribution is -2.47. The van der Waals surface area contributed by atoms with Crippen molar-refractivity contribution in [1.82, 2.24) is 10.2 Å². The molecule has 1 aromatic carbocycles. The van der Waals surface area contributed by atoms with Gasteiger partial charge in [-0.2, -0.15) is 5.26 Å². The van der Waals surface area contributed by atoms with Crippen LogP contribution in [0.4, 0.5) is 5.69 Å². The Morgan fingerprint density at radius 1 is 1.18 bits per heavy atom. The molecule has 1 amide bonds. The lowest BCUT2D eigenvalue weighted by molar-refractivity contribution is -0.121. The fraction of sp³-hybridized carbons (Fsp3) is 0.636. The van der Waals surface area contributed by atoms with Gasteiger partial charge in [0.25, 0.3) is 0 Å². The Kier molecular flexibility index (Phi) is 7.70. The predicted octanol–water partition coefficient (Wildman–Crippen LogP) is 2.28. The number of hydrogen-bond acceptors (Lipinski definition) is 5. The third-order valence-corrected chi connectivity index (χ3v) is 6.14. The summed E-state index contributed by atoms with van der Waals surface area (Å²) >= 11 is 0. The number of aliphatic hydroxyl groups excluding tert-OH is 1. The van der Waals surface area contributed by atoms with Crippen LogP contribution in [-0.2, 0) is 11.4 Å². The standard InChI is InChI=1S/C22H32N4O2/c23-10-8-22(28)24-20-6-4-18(5-7-20)9-11-25-12-14-26(15-13-25)21-3-1-2-19(16-21)17-27/h1-3,16,18,20,27H,4-9,11-15,17H2,(H,24,28). The Morgan fingerprint density at radius 2 is 1.93 bits per heavy atom. The van der Waals surface area contributed by atoms with E-state index in [-0.39, 0.29) is 25.0 Å². The van der Waals surface area contributed by atoms with Crippen molar-refractivity contribution in [1.29, 1.82) is 5.26 Å². The van der Waals surface area contributed by atoms with Crippen LogP contribution in [0.25, 0.3) is 0 Å². The molecular weight excluding hydrogens is 352 g/mol. The summed E-state index contributed by atoms with van der Waals surface area (Å²) in [4.78, 5) is 16.5. The van der Waals surface area contributed by atoms with Crippen molar-refractivity contribution in [2.75, 3.05) is 37.6 Å². The van der Waals surface area contributed by atoms with E-state index < -0.39 is 0 Å². The highest BCUT2D eigenvalue weighted by atomic mass is 16.3. The number of nitrogens with zero attached hydrogens (tertiary/aromatic N) is 3. The van der Waals surface area contributed by atoms with Crippen molar-refractivity contribution in [3.05, 3.63) is 29.8 Å². The zero-order chi connectivity index (χ0) is 19.8. The molecule has 1 aliphatic heterocycles. The van der Waals surface area contributed by atoms with Crippen LogP contribution in [-0.4, -0.2) is 54.7 Å². The fourth-order valence-electron chi connectivity index (χ4n) is 4.39. The van der Waals surface area contributed by atoms with Gasteiger partial charge in [-0.1, -0.05) is 12.1 Å². The molecule has 6 heteroatoms. The summed E-state index contributed by atoms with van der Waals surface area (Å²) in [7, 11) is 0. The Balaban J connectivity index is 1.34. The van der Waals surface area contributed by atoms with Crippen molar-refractivity contribution >= 4 is 11.6 Å². The molecule has 2 aliphatic rings. The van der Waals surface area contributed by atoms with Crippen LogP contribution in [0.3, 0.4) is 0 Å². The summed E-state index contributed by atoms with van der Waals surface area (Å²) in [5, 5.41) is 20.9. The number of piperazine rings is 1. The maximum absolute atomic E-state index is 11.5. The molecular formula is C22H32N4O2. The Morgan fingerprint density at radius 3 is 2.61 bits per heavy atom. The number of carbonyl (C=O) groups is 1. The highest BCUT2D eigenvalue weighted by Crippen LogP contribution is 2.27. The second-order valence-electron chi connectivity index (χ2n) is 8.07. The van der Waals surface area contributed by atoms with E-state index in [1.807, 2.05) is 18.2 Å². The summed E-state index contributed by atoms with van der Waals surface area (Å²) in [6.45, 7) is 5.49. The average Bonchev–Trinajstić information content (AvgIpc) is 2.74. The van der Waals surface area contributed by atoms with Crippen molar-refractivity contribution in [3.8, 4) is 6.07 Å². The number of anilines is 1. The smallest absolute Gasteiger partial charge is 0.234 e. The molecule has 0 unspecified atom stereocenters. The first kappa shape index (κ1) is 20.6. The zero-order valence-corrected chi connectivity index (χ0v) is 16.6. The van der Waals surface area contributed by atoms with Gasteiger partial charge in [-0.25, -0.2) is 0 Å². The number of aliphatic hydroxyl groups is 1. The quantitative estimate of drug-likeness (QED) is 0.754. The molecule has 6 nitrogen and oxygen atoms in total. The minimum Gasteiger partial charge on any atom is -0.392 e. The fourth-order valence-corrected chi connectivity index (χ4v) is 4.39. The molecule has 3 rings (SSSR count). The average molecular weight is 385 g/mol. The molecule has 1 aromatic rings. The molecule has 2 fully saturated rings. The van der Waals surface area contributed by atoms with Crippen LogP contribution in [0.5, 0.6) is 0 Å². The van der Waals surface area contributed by atoms with Crippen molar-refractivity contribution in [2.45, 2.75) is 51.2 Å². The van der Waals surface area contributed by atoms with Crippen LogP contribution in [0.1, 0.15) is 44.1 Å². The number of carbonyl (C=O) groups excluding carboxylic acids is 1. The molecule has 1 saturated carbocycles. The van der Waals surface area contributed by atoms with Gasteiger partial charge in [0, 0.05) is 37.9 Å². The molecule has 1 saturated heterocycles. The first-order valence-electron chi connectivity index (χ1n) is 10.5. The van der Waals surface area contributed by atoms with Crippen LogP contribution in [0.2, 0.25) is 0 Å². The molecule has 2 N–H and O–H groups in total. The third kappa shape index (κ3) is 5.95. The SMILES string of the molecule is N#CCC(=O)NC1CCC(CCN2CCN(c3cccc(CO)c3)CC2)CC1. The maximum atomic E-state index is 11.5. The normalized spacial score (nSPS) is 23.2. The van der Waals surface area contributed by atoms with Crippen LogP contribution >= 0.6 is 0 Å². The Hall–Kier alpha value is -2.10. The molecule has 0 radical (unpaired) electrons. The van der Waals surface area contributed by atoms with Gasteiger partial charge >= 0.3 is 0 Å². The van der Waals surface area contributed by atoms with Crippen molar-refractivity contribution in [2.24, 2.45) is 5.92 Å². The maximum Gasteiger partial charge on any atom is 0.234 e. The van der Waals surface area contributed by atoms with E-state index in [0.29, 0.717) is 0 Å². The van der Waals surface area contributed by atoms with Gasteiger partial charge in [0.1, 0.15) is 6.42 Å². The number of nitriles is 1. The summed E-state index contributed by atoms with van der Waals surface area (Å²) in [6, 6.07) is 10.4. The van der Waals surface area contributed by atoms with E-state index in [1.54, 1.807) is 0 Å². The molecule has 0 atom stereocenters. The zero-order valence-electron chi connectivity index (χ0n) is 16.6. The van der Waals surface area contributed by atoms with Gasteiger partial charge in [-0.05, 0) is 62.3 Å². The van der Waals surface area contributed by atoms with Crippen LogP contribution in [0.15, 0.2) is 24.3 Å². The minimum absolute atomic E-state index is 0.0315. The first-order valence-corrected chi connectivity index (χ1v) is 10.5. The number of nitrogens with one attached hydrogen (secondary N) is 1. The Labute approximate surface area is 168 Å². The van der Waals surface area contributed by atoms with E-state index in [4.69, 9.17) is 5.26 Å². The number of rotatable bonds is 7. The number of amides is 1. The van der Waals surface area contributed by atoms with Gasteiger partial charge in [0.15, 0.2) is 0 Å². The number of hydrogen-bond donors (Lipinski definition) is 2. The van der Waals surface area contributed by atoms with Gasteiger partial charge < -0.3 is 15.3 Å². The predicted molar refractivity (Wildman–Crippen MR) is 110 cm³/mol. The molecule has 1 aliphatic carbocycles. The van der Waals surface area contributed by atoms with Gasteiger partial charge in [0.2, 0.25) is 5.91 Å². The summed E-state index contributed by atoms with van der Waals surface area (Å²) < 4.78 is 0. The van der Waals surface area contributed by atoms with Crippen LogP contribution in [0, 0.1) is 17.2 Å². The molecule has 1 heterocycles. The van der Waals surface area contributed by atoms with E-state index in [2.05, 4.69) is 27.2 Å².